The second-order valence-corrected chi connectivity index (χ2v) is 6.02. The van der Waals surface area contributed by atoms with Crippen molar-refractivity contribution in [1.29, 1.82) is 0 Å². The van der Waals surface area contributed by atoms with E-state index in [1.807, 2.05) is 0 Å². The molecule has 2 aromatic heterocycles. The second-order valence-electron chi connectivity index (χ2n) is 4.34. The van der Waals surface area contributed by atoms with E-state index in [9.17, 15) is 8.42 Å². The van der Waals surface area contributed by atoms with Gasteiger partial charge in [-0.3, -0.25) is 4.40 Å². The van der Waals surface area contributed by atoms with E-state index in [-0.39, 0.29) is 17.7 Å². The predicted molar refractivity (Wildman–Crippen MR) is 76.4 cm³/mol. The number of rotatable bonds is 6. The third-order valence-electron chi connectivity index (χ3n) is 2.94. The lowest BCUT2D eigenvalue weighted by Gasteiger charge is -2.12. The molecule has 2 heterocycles. The maximum Gasteiger partial charge on any atom is 0.260 e. The van der Waals surface area contributed by atoms with Gasteiger partial charge in [0.05, 0.1) is 6.10 Å². The Morgan fingerprint density at radius 3 is 2.85 bits per heavy atom. The van der Waals surface area contributed by atoms with E-state index in [4.69, 9.17) is 4.74 Å². The molecule has 1 atom stereocenters. The first-order chi connectivity index (χ1) is 9.49. The monoisotopic (exact) mass is 298 g/mol. The third-order valence-corrected chi connectivity index (χ3v) is 4.39. The molecule has 0 fully saturated rings. The minimum Gasteiger partial charge on any atom is -0.380 e. The number of ether oxygens (including phenoxy) is 1. The molecule has 110 valence electrons. The van der Waals surface area contributed by atoms with E-state index in [1.165, 1.54) is 11.5 Å². The second kappa shape index (κ2) is 5.78. The Hall–Kier alpha value is -1.64. The number of sulfonamides is 1. The highest BCUT2D eigenvalue weighted by molar-refractivity contribution is 7.89. The van der Waals surface area contributed by atoms with Gasteiger partial charge in [0.25, 0.3) is 10.0 Å². The van der Waals surface area contributed by atoms with Crippen molar-refractivity contribution in [2.75, 3.05) is 26.0 Å². The molecule has 2 aromatic rings. The van der Waals surface area contributed by atoms with Crippen molar-refractivity contribution in [2.24, 2.45) is 0 Å². The van der Waals surface area contributed by atoms with Crippen LogP contribution in [0.4, 0.5) is 5.82 Å². The third kappa shape index (κ3) is 2.77. The summed E-state index contributed by atoms with van der Waals surface area (Å²) in [5.41, 5.74) is 0.567. The first-order valence-corrected chi connectivity index (χ1v) is 7.65. The van der Waals surface area contributed by atoms with Gasteiger partial charge in [0.1, 0.15) is 5.65 Å². The Morgan fingerprint density at radius 1 is 1.45 bits per heavy atom. The molecule has 0 spiro atoms. The van der Waals surface area contributed by atoms with Gasteiger partial charge in [-0.2, -0.15) is 0 Å². The minimum absolute atomic E-state index is 0.0962. The zero-order valence-corrected chi connectivity index (χ0v) is 12.4. The summed E-state index contributed by atoms with van der Waals surface area (Å²) < 4.78 is 34.0. The fourth-order valence-electron chi connectivity index (χ4n) is 1.77. The lowest BCUT2D eigenvalue weighted by molar-refractivity contribution is 0.122. The van der Waals surface area contributed by atoms with Crippen LogP contribution in [0.3, 0.4) is 0 Å². The van der Waals surface area contributed by atoms with Crippen molar-refractivity contribution in [3.63, 3.8) is 0 Å². The number of methoxy groups -OCH3 is 1. The fraction of sp³-hybridized carbons (Fsp3) is 0.417. The smallest absolute Gasteiger partial charge is 0.260 e. The van der Waals surface area contributed by atoms with Crippen LogP contribution < -0.4 is 10.0 Å². The molecule has 8 heteroatoms. The summed E-state index contributed by atoms with van der Waals surface area (Å²) in [6.45, 7) is 1.98. The number of imidazole rings is 1. The molecule has 0 amide bonds. The molecule has 0 aliphatic carbocycles. The van der Waals surface area contributed by atoms with Gasteiger partial charge in [0.15, 0.2) is 10.8 Å². The molecule has 0 radical (unpaired) electrons. The van der Waals surface area contributed by atoms with Crippen LogP contribution in [0.1, 0.15) is 6.92 Å². The predicted octanol–water partition coefficient (Wildman–Crippen LogP) is 0.689. The standard InChI is InChI=1S/C12H18N4O3S/c1-9(19-3)8-14-20(17,18)12-11(13-2)15-10-6-4-5-7-16(10)12/h4-7,9,13-14H,8H2,1-3H3. The van der Waals surface area contributed by atoms with Crippen LogP contribution in [0.15, 0.2) is 29.4 Å². The largest absolute Gasteiger partial charge is 0.380 e. The Kier molecular flexibility index (Phi) is 4.26. The maximum atomic E-state index is 12.4. The van der Waals surface area contributed by atoms with Crippen LogP contribution in [0, 0.1) is 0 Å². The lowest BCUT2D eigenvalue weighted by atomic mass is 10.4. The Labute approximate surface area is 118 Å². The number of aromatic nitrogens is 2. The van der Waals surface area contributed by atoms with E-state index >= 15 is 0 Å². The molecule has 0 bridgehead atoms. The lowest BCUT2D eigenvalue weighted by Crippen LogP contribution is -2.32. The molecule has 2 rings (SSSR count). The quantitative estimate of drug-likeness (QED) is 0.819. The van der Waals surface area contributed by atoms with Crippen LogP contribution >= 0.6 is 0 Å². The first kappa shape index (κ1) is 14.8. The normalized spacial score (nSPS) is 13.6. The molecule has 0 aromatic carbocycles. The number of hydrogen-bond acceptors (Lipinski definition) is 5. The summed E-state index contributed by atoms with van der Waals surface area (Å²) in [6, 6.07) is 5.31. The highest BCUT2D eigenvalue weighted by Gasteiger charge is 2.24. The topological polar surface area (TPSA) is 84.7 Å². The molecule has 1 unspecified atom stereocenters. The number of fused-ring (bicyclic) bond motifs is 1. The zero-order chi connectivity index (χ0) is 14.8. The van der Waals surface area contributed by atoms with Crippen molar-refractivity contribution in [3.05, 3.63) is 24.4 Å². The highest BCUT2D eigenvalue weighted by atomic mass is 32.2. The molecule has 2 N–H and O–H groups in total. The molecule has 0 saturated heterocycles. The Bertz CT molecular complexity index is 696. The summed E-state index contributed by atoms with van der Waals surface area (Å²) in [5.74, 6) is 0.314. The summed E-state index contributed by atoms with van der Waals surface area (Å²) >= 11 is 0. The van der Waals surface area contributed by atoms with Gasteiger partial charge >= 0.3 is 0 Å². The van der Waals surface area contributed by atoms with Gasteiger partial charge in [-0.25, -0.2) is 18.1 Å². The first-order valence-electron chi connectivity index (χ1n) is 6.17. The number of hydrogen-bond donors (Lipinski definition) is 2. The van der Waals surface area contributed by atoms with E-state index in [0.717, 1.165) is 0 Å². The van der Waals surface area contributed by atoms with E-state index in [0.29, 0.717) is 11.5 Å². The molecule has 20 heavy (non-hydrogen) atoms. The molecule has 0 saturated carbocycles. The van der Waals surface area contributed by atoms with Crippen molar-refractivity contribution in [3.8, 4) is 0 Å². The van der Waals surface area contributed by atoms with Gasteiger partial charge < -0.3 is 10.1 Å². The van der Waals surface area contributed by atoms with E-state index in [1.54, 1.807) is 38.4 Å². The van der Waals surface area contributed by atoms with Crippen molar-refractivity contribution in [2.45, 2.75) is 18.1 Å². The average Bonchev–Trinajstić information content (AvgIpc) is 2.84. The summed E-state index contributed by atoms with van der Waals surface area (Å²) in [6.07, 6.45) is 1.46. The van der Waals surface area contributed by atoms with Crippen LogP contribution in [0.25, 0.3) is 5.65 Å². The van der Waals surface area contributed by atoms with Crippen LogP contribution in [0.2, 0.25) is 0 Å². The zero-order valence-electron chi connectivity index (χ0n) is 11.6. The molecule has 7 nitrogen and oxygen atoms in total. The Morgan fingerprint density at radius 2 is 2.20 bits per heavy atom. The van der Waals surface area contributed by atoms with Gasteiger partial charge in [-0.15, -0.1) is 0 Å². The summed E-state index contributed by atoms with van der Waals surface area (Å²) in [4.78, 5) is 4.25. The molecular formula is C12H18N4O3S. The van der Waals surface area contributed by atoms with Gasteiger partial charge in [-0.1, -0.05) is 6.07 Å². The minimum atomic E-state index is -3.68. The number of nitrogens with zero attached hydrogens (tertiary/aromatic N) is 2. The summed E-state index contributed by atoms with van der Waals surface area (Å²) in [5, 5.41) is 2.91. The van der Waals surface area contributed by atoms with Crippen LogP contribution in [-0.4, -0.2) is 44.6 Å². The van der Waals surface area contributed by atoms with Crippen molar-refractivity contribution >= 4 is 21.5 Å². The van der Waals surface area contributed by atoms with Crippen LogP contribution in [-0.2, 0) is 14.8 Å². The molecule has 0 aliphatic heterocycles. The molecular weight excluding hydrogens is 280 g/mol. The number of pyridine rings is 1. The van der Waals surface area contributed by atoms with Crippen molar-refractivity contribution in [1.82, 2.24) is 14.1 Å². The van der Waals surface area contributed by atoms with Crippen LogP contribution in [0.5, 0.6) is 0 Å². The fourth-order valence-corrected chi connectivity index (χ4v) is 3.18. The number of anilines is 1. The van der Waals surface area contributed by atoms with Gasteiger partial charge in [0.2, 0.25) is 0 Å². The maximum absolute atomic E-state index is 12.4. The average molecular weight is 298 g/mol. The van der Waals surface area contributed by atoms with E-state index in [2.05, 4.69) is 15.0 Å². The van der Waals surface area contributed by atoms with Gasteiger partial charge in [-0.05, 0) is 19.1 Å². The molecule has 0 aliphatic rings. The van der Waals surface area contributed by atoms with E-state index < -0.39 is 10.0 Å². The Balaban J connectivity index is 2.45. The van der Waals surface area contributed by atoms with Crippen molar-refractivity contribution < 1.29 is 13.2 Å². The van der Waals surface area contributed by atoms with Gasteiger partial charge in [0, 0.05) is 26.9 Å². The SMILES string of the molecule is CNc1nc2ccccn2c1S(=O)(=O)NCC(C)OC. The highest BCUT2D eigenvalue weighted by Crippen LogP contribution is 2.21. The summed E-state index contributed by atoms with van der Waals surface area (Å²) in [7, 11) is -0.512. The number of nitrogens with one attached hydrogen (secondary N) is 2.